The van der Waals surface area contributed by atoms with Crippen molar-refractivity contribution in [2.45, 2.75) is 6.92 Å². The van der Waals surface area contributed by atoms with Crippen molar-refractivity contribution >= 4 is 55.9 Å². The van der Waals surface area contributed by atoms with Gasteiger partial charge in [-0.1, -0.05) is 23.2 Å². The third kappa shape index (κ3) is 1.88. The summed E-state index contributed by atoms with van der Waals surface area (Å²) in [6.45, 7) is 1.99. The lowest BCUT2D eigenvalue weighted by molar-refractivity contribution is 1.29. The summed E-state index contributed by atoms with van der Waals surface area (Å²) in [6, 6.07) is 3.95. The Hall–Kier alpha value is -0.510. The van der Waals surface area contributed by atoms with Gasteiger partial charge in [0.1, 0.15) is 5.82 Å². The van der Waals surface area contributed by atoms with Crippen molar-refractivity contribution in [1.29, 1.82) is 0 Å². The van der Waals surface area contributed by atoms with Crippen molar-refractivity contribution in [3.8, 4) is 0 Å². The molecule has 1 aromatic carbocycles. The van der Waals surface area contributed by atoms with Crippen molar-refractivity contribution in [2.75, 3.05) is 12.4 Å². The lowest BCUT2D eigenvalue weighted by Gasteiger charge is -2.09. The van der Waals surface area contributed by atoms with E-state index in [4.69, 9.17) is 23.2 Å². The highest BCUT2D eigenvalue weighted by Crippen LogP contribution is 2.37. The molecule has 0 aliphatic carbocycles. The average Bonchev–Trinajstić information content (AvgIpc) is 2.26. The quantitative estimate of drug-likeness (QED) is 0.774. The second kappa shape index (κ2) is 4.40. The molecule has 5 heteroatoms. The van der Waals surface area contributed by atoms with Gasteiger partial charge in [-0.2, -0.15) is 0 Å². The molecule has 0 aliphatic heterocycles. The lowest BCUT2D eigenvalue weighted by Crippen LogP contribution is -1.96. The van der Waals surface area contributed by atoms with Gasteiger partial charge in [-0.05, 0) is 40.5 Å². The Morgan fingerprint density at radius 1 is 1.25 bits per heavy atom. The number of hydrogen-bond donors (Lipinski definition) is 1. The minimum Gasteiger partial charge on any atom is -0.373 e. The number of aromatic nitrogens is 1. The average molecular weight is 320 g/mol. The standard InChI is InChI=1S/C11H9BrCl2N2/c1-5-3-6-4-7(12)8(13)9(14)10(6)16-11(5)15-2/h3-4H,1-2H3,(H,15,16). The molecule has 16 heavy (non-hydrogen) atoms. The van der Waals surface area contributed by atoms with Gasteiger partial charge in [-0.3, -0.25) is 0 Å². The Labute approximate surface area is 112 Å². The second-order valence-electron chi connectivity index (χ2n) is 3.46. The molecule has 84 valence electrons. The van der Waals surface area contributed by atoms with Gasteiger partial charge in [-0.25, -0.2) is 4.98 Å². The van der Waals surface area contributed by atoms with Gasteiger partial charge >= 0.3 is 0 Å². The zero-order valence-corrected chi connectivity index (χ0v) is 11.8. The number of nitrogens with zero attached hydrogens (tertiary/aromatic N) is 1. The van der Waals surface area contributed by atoms with Crippen LogP contribution in [0.25, 0.3) is 10.9 Å². The Kier molecular flexibility index (Phi) is 3.29. The summed E-state index contributed by atoms with van der Waals surface area (Å²) in [6.07, 6.45) is 0. The van der Waals surface area contributed by atoms with Crippen LogP contribution in [0.5, 0.6) is 0 Å². The fourth-order valence-corrected chi connectivity index (χ4v) is 2.54. The molecule has 0 aliphatic rings. The maximum absolute atomic E-state index is 6.16. The van der Waals surface area contributed by atoms with E-state index in [0.717, 1.165) is 21.2 Å². The predicted molar refractivity (Wildman–Crippen MR) is 73.7 cm³/mol. The molecule has 0 atom stereocenters. The van der Waals surface area contributed by atoms with Gasteiger partial charge in [0.15, 0.2) is 0 Å². The zero-order valence-electron chi connectivity index (χ0n) is 8.74. The molecule has 0 fully saturated rings. The van der Waals surface area contributed by atoms with Gasteiger partial charge in [0.2, 0.25) is 0 Å². The summed E-state index contributed by atoms with van der Waals surface area (Å²) in [5.41, 5.74) is 1.78. The van der Waals surface area contributed by atoms with Crippen LogP contribution in [0.4, 0.5) is 5.82 Å². The number of fused-ring (bicyclic) bond motifs is 1. The predicted octanol–water partition coefficient (Wildman–Crippen LogP) is 4.65. The molecule has 1 N–H and O–H groups in total. The Morgan fingerprint density at radius 2 is 1.94 bits per heavy atom. The number of aryl methyl sites for hydroxylation is 1. The number of nitrogens with one attached hydrogen (secondary N) is 1. The first-order valence-corrected chi connectivity index (χ1v) is 6.22. The molecule has 0 saturated carbocycles. The molecule has 2 nitrogen and oxygen atoms in total. The van der Waals surface area contributed by atoms with Gasteiger partial charge in [0.05, 0.1) is 15.6 Å². The highest BCUT2D eigenvalue weighted by Gasteiger charge is 2.11. The SMILES string of the molecule is CNc1nc2c(Cl)c(Cl)c(Br)cc2cc1C. The van der Waals surface area contributed by atoms with Crippen LogP contribution >= 0.6 is 39.1 Å². The first kappa shape index (κ1) is 12.0. The van der Waals surface area contributed by atoms with Crippen LogP contribution < -0.4 is 5.32 Å². The summed E-state index contributed by atoms with van der Waals surface area (Å²) in [7, 11) is 1.83. The number of hydrogen-bond acceptors (Lipinski definition) is 2. The third-order valence-electron chi connectivity index (χ3n) is 2.37. The highest BCUT2D eigenvalue weighted by atomic mass is 79.9. The second-order valence-corrected chi connectivity index (χ2v) is 5.07. The highest BCUT2D eigenvalue weighted by molar-refractivity contribution is 9.10. The van der Waals surface area contributed by atoms with Gasteiger partial charge in [0.25, 0.3) is 0 Å². The van der Waals surface area contributed by atoms with Crippen LogP contribution in [0.2, 0.25) is 10.0 Å². The van der Waals surface area contributed by atoms with Crippen molar-refractivity contribution in [1.82, 2.24) is 4.98 Å². The molecule has 0 amide bonds. The Balaban J connectivity index is 2.86. The van der Waals surface area contributed by atoms with E-state index >= 15 is 0 Å². The van der Waals surface area contributed by atoms with E-state index in [1.807, 2.05) is 26.1 Å². The van der Waals surface area contributed by atoms with Crippen LogP contribution in [-0.2, 0) is 0 Å². The van der Waals surface area contributed by atoms with Crippen LogP contribution in [0.3, 0.4) is 0 Å². The van der Waals surface area contributed by atoms with E-state index in [-0.39, 0.29) is 0 Å². The molecule has 2 rings (SSSR count). The van der Waals surface area contributed by atoms with Gasteiger partial charge in [0, 0.05) is 16.9 Å². The number of pyridine rings is 1. The number of benzene rings is 1. The lowest BCUT2D eigenvalue weighted by atomic mass is 10.1. The molecule has 0 saturated heterocycles. The van der Waals surface area contributed by atoms with E-state index in [1.54, 1.807) is 0 Å². The maximum Gasteiger partial charge on any atom is 0.129 e. The van der Waals surface area contributed by atoms with E-state index in [2.05, 4.69) is 26.2 Å². The van der Waals surface area contributed by atoms with Crippen LogP contribution in [0, 0.1) is 6.92 Å². The van der Waals surface area contributed by atoms with Gasteiger partial charge in [-0.15, -0.1) is 0 Å². The first-order chi connectivity index (χ1) is 7.54. The van der Waals surface area contributed by atoms with Crippen molar-refractivity contribution < 1.29 is 0 Å². The molecule has 0 radical (unpaired) electrons. The summed E-state index contributed by atoms with van der Waals surface area (Å²) < 4.78 is 0.782. The van der Waals surface area contributed by atoms with Crippen LogP contribution in [0.1, 0.15) is 5.56 Å². The van der Waals surface area contributed by atoms with E-state index in [1.165, 1.54) is 0 Å². The minimum absolute atomic E-state index is 0.475. The Bertz CT molecular complexity index is 570. The van der Waals surface area contributed by atoms with Crippen molar-refractivity contribution in [2.24, 2.45) is 0 Å². The number of halogens is 3. The fraction of sp³-hybridized carbons (Fsp3) is 0.182. The molecule has 2 aromatic rings. The summed E-state index contributed by atoms with van der Waals surface area (Å²) in [5, 5.41) is 4.96. The summed E-state index contributed by atoms with van der Waals surface area (Å²) in [4.78, 5) is 4.45. The fourth-order valence-electron chi connectivity index (χ4n) is 1.58. The smallest absolute Gasteiger partial charge is 0.129 e. The minimum atomic E-state index is 0.475. The first-order valence-electron chi connectivity index (χ1n) is 4.67. The molecule has 1 aromatic heterocycles. The van der Waals surface area contributed by atoms with Gasteiger partial charge < -0.3 is 5.32 Å². The van der Waals surface area contributed by atoms with Crippen LogP contribution in [-0.4, -0.2) is 12.0 Å². The molecule has 0 spiro atoms. The number of anilines is 1. The topological polar surface area (TPSA) is 24.9 Å². The Morgan fingerprint density at radius 3 is 2.56 bits per heavy atom. The van der Waals surface area contributed by atoms with Crippen molar-refractivity contribution in [3.05, 3.63) is 32.2 Å². The van der Waals surface area contributed by atoms with E-state index in [9.17, 15) is 0 Å². The summed E-state index contributed by atoms with van der Waals surface area (Å²) >= 11 is 15.6. The van der Waals surface area contributed by atoms with E-state index in [0.29, 0.717) is 15.6 Å². The third-order valence-corrected chi connectivity index (χ3v) is 4.08. The monoisotopic (exact) mass is 318 g/mol. The molecule has 1 heterocycles. The molecular formula is C11H9BrCl2N2. The summed E-state index contributed by atoms with van der Waals surface area (Å²) in [5.74, 6) is 0.813. The molecular weight excluding hydrogens is 311 g/mol. The maximum atomic E-state index is 6.16. The normalized spacial score (nSPS) is 10.8. The zero-order chi connectivity index (χ0) is 11.9. The van der Waals surface area contributed by atoms with Crippen LogP contribution in [0.15, 0.2) is 16.6 Å². The molecule has 0 bridgehead atoms. The number of rotatable bonds is 1. The largest absolute Gasteiger partial charge is 0.373 e. The molecule has 0 unspecified atom stereocenters. The van der Waals surface area contributed by atoms with E-state index < -0.39 is 0 Å². The van der Waals surface area contributed by atoms with Crippen molar-refractivity contribution in [3.63, 3.8) is 0 Å².